The van der Waals surface area contributed by atoms with E-state index in [-0.39, 0.29) is 6.54 Å². The van der Waals surface area contributed by atoms with Crippen molar-refractivity contribution in [3.05, 3.63) is 35.8 Å². The third-order valence-electron chi connectivity index (χ3n) is 5.51. The summed E-state index contributed by atoms with van der Waals surface area (Å²) >= 11 is 0. The summed E-state index contributed by atoms with van der Waals surface area (Å²) in [5, 5.41) is 20.3. The molecule has 1 atom stereocenters. The first-order valence-electron chi connectivity index (χ1n) is 10.4. The number of nitriles is 1. The molecule has 162 valence electrons. The first kappa shape index (κ1) is 22.1. The predicted molar refractivity (Wildman–Crippen MR) is 119 cm³/mol. The first-order valence-corrected chi connectivity index (χ1v) is 12.3. The van der Waals surface area contributed by atoms with Crippen LogP contribution in [0.3, 0.4) is 0 Å². The van der Waals surface area contributed by atoms with Crippen LogP contribution in [0.5, 0.6) is 0 Å². The maximum Gasteiger partial charge on any atom is 0.175 e. The number of amidine groups is 1. The fraction of sp³-hybridized carbons (Fsp3) is 0.571. The van der Waals surface area contributed by atoms with Crippen molar-refractivity contribution in [2.45, 2.75) is 56.6 Å². The number of aromatic nitrogens is 2. The van der Waals surface area contributed by atoms with E-state index < -0.39 is 14.6 Å². The Morgan fingerprint density at radius 2 is 2.30 bits per heavy atom. The fourth-order valence-corrected chi connectivity index (χ4v) is 4.72. The van der Waals surface area contributed by atoms with Gasteiger partial charge in [0.1, 0.15) is 11.7 Å². The van der Waals surface area contributed by atoms with Crippen LogP contribution in [0.15, 0.2) is 35.1 Å². The normalized spacial score (nSPS) is 23.6. The van der Waals surface area contributed by atoms with E-state index in [1.165, 1.54) is 12.8 Å². The number of piperidine rings is 1. The lowest BCUT2D eigenvalue weighted by Crippen LogP contribution is -2.51. The highest BCUT2D eigenvalue weighted by molar-refractivity contribution is 7.92. The molecule has 1 aromatic heterocycles. The molecule has 3 rings (SSSR count). The van der Waals surface area contributed by atoms with Crippen molar-refractivity contribution in [1.82, 2.24) is 15.1 Å². The number of hydrogen-bond donors (Lipinski definition) is 2. The largest absolute Gasteiger partial charge is 0.354 e. The van der Waals surface area contributed by atoms with Crippen molar-refractivity contribution in [1.29, 1.82) is 5.26 Å². The summed E-state index contributed by atoms with van der Waals surface area (Å²) in [5.41, 5.74) is 1.13. The van der Waals surface area contributed by atoms with Gasteiger partial charge >= 0.3 is 0 Å². The molecule has 1 aromatic rings. The molecular weight excluding hydrogens is 400 g/mol. The van der Waals surface area contributed by atoms with Crippen LogP contribution < -0.4 is 5.32 Å². The Morgan fingerprint density at radius 1 is 1.53 bits per heavy atom. The van der Waals surface area contributed by atoms with Crippen LogP contribution in [0, 0.1) is 11.3 Å². The summed E-state index contributed by atoms with van der Waals surface area (Å²) in [7, 11) is -3.53. The SMILES string of the molecule is C\C=C/C(=N\C(=C\CC)N1CCCC(C#N)(S(C)(=O)=O)C1)Nc1cc(C2CC2)[nH]n1. The van der Waals surface area contributed by atoms with Crippen LogP contribution in [0.1, 0.15) is 57.6 Å². The Balaban J connectivity index is 1.86. The number of aromatic amines is 1. The van der Waals surface area contributed by atoms with E-state index in [1.54, 1.807) is 0 Å². The van der Waals surface area contributed by atoms with Crippen molar-refractivity contribution in [3.63, 3.8) is 0 Å². The molecule has 1 unspecified atom stereocenters. The fourth-order valence-electron chi connectivity index (χ4n) is 3.65. The summed E-state index contributed by atoms with van der Waals surface area (Å²) in [5.74, 6) is 2.55. The lowest BCUT2D eigenvalue weighted by molar-refractivity contribution is 0.257. The average Bonchev–Trinajstić information content (AvgIpc) is 3.46. The van der Waals surface area contributed by atoms with Crippen molar-refractivity contribution in [2.24, 2.45) is 4.99 Å². The molecule has 1 aliphatic carbocycles. The summed E-state index contributed by atoms with van der Waals surface area (Å²) in [4.78, 5) is 6.68. The second kappa shape index (κ2) is 9.04. The minimum atomic E-state index is -3.53. The van der Waals surface area contributed by atoms with Gasteiger partial charge in [0.05, 0.1) is 12.6 Å². The first-order chi connectivity index (χ1) is 14.3. The van der Waals surface area contributed by atoms with Gasteiger partial charge in [0.2, 0.25) is 0 Å². The number of hydrogen-bond acceptors (Lipinski definition) is 6. The van der Waals surface area contributed by atoms with Gasteiger partial charge in [-0.2, -0.15) is 10.4 Å². The molecule has 0 aromatic carbocycles. The lowest BCUT2D eigenvalue weighted by Gasteiger charge is -2.38. The van der Waals surface area contributed by atoms with Crippen LogP contribution in [-0.2, 0) is 9.84 Å². The molecule has 1 aliphatic heterocycles. The van der Waals surface area contributed by atoms with Gasteiger partial charge in [-0.05, 0) is 51.2 Å². The summed E-state index contributed by atoms with van der Waals surface area (Å²) in [6.07, 6.45) is 10.9. The van der Waals surface area contributed by atoms with Crippen LogP contribution in [0.4, 0.5) is 5.82 Å². The van der Waals surface area contributed by atoms with Crippen molar-refractivity contribution < 1.29 is 8.42 Å². The average molecular weight is 431 g/mol. The highest BCUT2D eigenvalue weighted by atomic mass is 32.2. The maximum absolute atomic E-state index is 12.4. The van der Waals surface area contributed by atoms with Gasteiger partial charge in [-0.25, -0.2) is 13.4 Å². The van der Waals surface area contributed by atoms with Gasteiger partial charge < -0.3 is 10.2 Å². The highest BCUT2D eigenvalue weighted by Crippen LogP contribution is 2.39. The van der Waals surface area contributed by atoms with E-state index in [1.807, 2.05) is 43.0 Å². The molecule has 2 aliphatic rings. The molecule has 1 saturated heterocycles. The second-order valence-electron chi connectivity index (χ2n) is 7.98. The molecule has 0 radical (unpaired) electrons. The summed E-state index contributed by atoms with van der Waals surface area (Å²) in [6.45, 7) is 4.69. The number of H-pyrrole nitrogens is 1. The van der Waals surface area contributed by atoms with Gasteiger partial charge in [0.15, 0.2) is 20.4 Å². The molecule has 0 spiro atoms. The molecule has 30 heavy (non-hydrogen) atoms. The second-order valence-corrected chi connectivity index (χ2v) is 10.3. The quantitative estimate of drug-likeness (QED) is 0.507. The topological polar surface area (TPSA) is 114 Å². The van der Waals surface area contributed by atoms with Crippen molar-refractivity contribution in [3.8, 4) is 6.07 Å². The molecule has 0 bridgehead atoms. The number of likely N-dealkylation sites (tertiary alicyclic amines) is 1. The third kappa shape index (κ3) is 4.93. The third-order valence-corrected chi connectivity index (χ3v) is 7.35. The zero-order chi connectivity index (χ0) is 21.8. The van der Waals surface area contributed by atoms with Crippen LogP contribution in [0.2, 0.25) is 0 Å². The monoisotopic (exact) mass is 430 g/mol. The Labute approximate surface area is 178 Å². The smallest absolute Gasteiger partial charge is 0.175 e. The van der Waals surface area contributed by atoms with Crippen LogP contribution in [-0.4, -0.2) is 53.4 Å². The number of nitrogens with one attached hydrogen (secondary N) is 2. The summed E-state index contributed by atoms with van der Waals surface area (Å²) in [6, 6.07) is 4.08. The minimum absolute atomic E-state index is 0.120. The molecule has 2 heterocycles. The van der Waals surface area contributed by atoms with Crippen molar-refractivity contribution >= 4 is 21.5 Å². The molecule has 8 nitrogen and oxygen atoms in total. The number of rotatable bonds is 7. The summed E-state index contributed by atoms with van der Waals surface area (Å²) < 4.78 is 23.3. The van der Waals surface area contributed by atoms with Crippen LogP contribution in [0.25, 0.3) is 0 Å². The zero-order valence-electron chi connectivity index (χ0n) is 17.9. The molecular formula is C21H30N6O2S. The zero-order valence-corrected chi connectivity index (χ0v) is 18.7. The Morgan fingerprint density at radius 3 is 2.90 bits per heavy atom. The molecule has 2 N–H and O–H groups in total. The predicted octanol–water partition coefficient (Wildman–Crippen LogP) is 3.33. The molecule has 1 saturated carbocycles. The van der Waals surface area contributed by atoms with E-state index in [4.69, 9.17) is 4.99 Å². The van der Waals surface area contributed by atoms with E-state index in [9.17, 15) is 13.7 Å². The van der Waals surface area contributed by atoms with Gasteiger partial charge in [0.25, 0.3) is 0 Å². The Bertz CT molecular complexity index is 997. The molecule has 9 heteroatoms. The number of allylic oxidation sites excluding steroid dienone is 2. The van der Waals surface area contributed by atoms with E-state index in [0.29, 0.717) is 42.8 Å². The highest BCUT2D eigenvalue weighted by Gasteiger charge is 2.45. The van der Waals surface area contributed by atoms with E-state index >= 15 is 0 Å². The van der Waals surface area contributed by atoms with Gasteiger partial charge in [-0.15, -0.1) is 0 Å². The van der Waals surface area contributed by atoms with Crippen LogP contribution >= 0.6 is 0 Å². The molecule has 2 fully saturated rings. The number of anilines is 1. The number of sulfone groups is 1. The van der Waals surface area contributed by atoms with Crippen molar-refractivity contribution in [2.75, 3.05) is 24.7 Å². The molecule has 0 amide bonds. The van der Waals surface area contributed by atoms with Gasteiger partial charge in [0, 0.05) is 30.5 Å². The Hall–Kier alpha value is -2.60. The standard InChI is InChI=1S/C21H30N6O2S/c1-4-7-18(23-19-13-17(25-26-19)16-9-10-16)24-20(8-5-2)27-12-6-11-21(14-22,15-27)30(3,28)29/h4,7-8,13,16H,5-6,9-12,15H2,1-3H3,(H2,23,24,25,26)/b7-4-,20-8-. The Kier molecular flexibility index (Phi) is 6.66. The number of aliphatic imine (C=N–C) groups is 1. The van der Waals surface area contributed by atoms with Gasteiger partial charge in [-0.1, -0.05) is 13.0 Å². The van der Waals surface area contributed by atoms with E-state index in [0.717, 1.165) is 18.4 Å². The van der Waals surface area contributed by atoms with Gasteiger partial charge in [-0.3, -0.25) is 5.10 Å². The maximum atomic E-state index is 12.4. The lowest BCUT2D eigenvalue weighted by atomic mass is 9.98. The number of nitrogens with zero attached hydrogens (tertiary/aromatic N) is 4. The minimum Gasteiger partial charge on any atom is -0.354 e. The van der Waals surface area contributed by atoms with E-state index in [2.05, 4.69) is 21.6 Å².